The normalized spacial score (nSPS) is 11.2. The lowest BCUT2D eigenvalue weighted by Crippen LogP contribution is -1.86. The predicted octanol–water partition coefficient (Wildman–Crippen LogP) is 2.69. The highest BCUT2D eigenvalue weighted by atomic mass is 16.1. The maximum absolute atomic E-state index is 10.9. The zero-order chi connectivity index (χ0) is 13.5. The van der Waals surface area contributed by atoms with Gasteiger partial charge in [-0.1, -0.05) is 0 Å². The second kappa shape index (κ2) is 4.03. The number of aldehydes is 1. The van der Waals surface area contributed by atoms with E-state index in [2.05, 4.69) is 15.2 Å². The summed E-state index contributed by atoms with van der Waals surface area (Å²) in [6, 6.07) is 9.48. The highest BCUT2D eigenvalue weighted by molar-refractivity contribution is 5.96. The van der Waals surface area contributed by atoms with E-state index in [1.54, 1.807) is 18.6 Å². The van der Waals surface area contributed by atoms with E-state index in [1.807, 2.05) is 34.9 Å². The lowest BCUT2D eigenvalue weighted by atomic mass is 10.1. The molecule has 0 spiro atoms. The van der Waals surface area contributed by atoms with E-state index in [4.69, 9.17) is 0 Å². The first-order valence-corrected chi connectivity index (χ1v) is 6.20. The molecular weight excluding hydrogens is 252 g/mol. The van der Waals surface area contributed by atoms with E-state index in [0.29, 0.717) is 5.56 Å². The van der Waals surface area contributed by atoms with E-state index in [-0.39, 0.29) is 0 Å². The third-order valence-corrected chi connectivity index (χ3v) is 3.40. The summed E-state index contributed by atoms with van der Waals surface area (Å²) in [4.78, 5) is 15.0. The lowest BCUT2D eigenvalue weighted by molar-refractivity contribution is 0.112. The number of hydrogen-bond acceptors (Lipinski definition) is 3. The minimum Gasteiger partial charge on any atom is -0.306 e. The molecule has 1 aromatic carbocycles. The molecule has 96 valence electrons. The van der Waals surface area contributed by atoms with Gasteiger partial charge in [-0.15, -0.1) is 0 Å². The highest BCUT2D eigenvalue weighted by Gasteiger charge is 2.09. The Bertz CT molecular complexity index is 935. The summed E-state index contributed by atoms with van der Waals surface area (Å²) in [6.45, 7) is 0. The number of H-pyrrole nitrogens is 1. The summed E-state index contributed by atoms with van der Waals surface area (Å²) in [5, 5.41) is 8.29. The van der Waals surface area contributed by atoms with Crippen molar-refractivity contribution in [3.63, 3.8) is 0 Å². The number of hydrogen-bond donors (Lipinski definition) is 1. The van der Waals surface area contributed by atoms with E-state index in [0.717, 1.165) is 34.0 Å². The van der Waals surface area contributed by atoms with Gasteiger partial charge in [0.25, 0.3) is 0 Å². The Hall–Kier alpha value is -2.95. The Balaban J connectivity index is 1.98. The van der Waals surface area contributed by atoms with Crippen molar-refractivity contribution in [2.75, 3.05) is 0 Å². The Morgan fingerprint density at radius 3 is 3.05 bits per heavy atom. The molecule has 3 heterocycles. The van der Waals surface area contributed by atoms with Gasteiger partial charge in [-0.3, -0.25) is 9.89 Å². The molecule has 0 aliphatic rings. The van der Waals surface area contributed by atoms with Gasteiger partial charge in [0.2, 0.25) is 0 Å². The quantitative estimate of drug-likeness (QED) is 0.565. The number of imidazole rings is 1. The zero-order valence-electron chi connectivity index (χ0n) is 10.4. The fourth-order valence-electron chi connectivity index (χ4n) is 2.38. The van der Waals surface area contributed by atoms with Crippen LogP contribution in [0, 0.1) is 0 Å². The van der Waals surface area contributed by atoms with Crippen LogP contribution in [0.4, 0.5) is 0 Å². The zero-order valence-corrected chi connectivity index (χ0v) is 10.4. The molecule has 4 rings (SSSR count). The van der Waals surface area contributed by atoms with Crippen LogP contribution in [-0.2, 0) is 0 Å². The molecule has 0 fully saturated rings. The van der Waals surface area contributed by atoms with Gasteiger partial charge in [-0.05, 0) is 30.3 Å². The van der Waals surface area contributed by atoms with Crippen LogP contribution >= 0.6 is 0 Å². The molecule has 0 saturated heterocycles. The average Bonchev–Trinajstić information content (AvgIpc) is 3.11. The average molecular weight is 262 g/mol. The van der Waals surface area contributed by atoms with E-state index < -0.39 is 0 Å². The molecular formula is C15H10N4O. The van der Waals surface area contributed by atoms with E-state index >= 15 is 0 Å². The highest BCUT2D eigenvalue weighted by Crippen LogP contribution is 2.27. The van der Waals surface area contributed by atoms with Crippen molar-refractivity contribution >= 4 is 22.7 Å². The fourth-order valence-corrected chi connectivity index (χ4v) is 2.38. The second-order valence-corrected chi connectivity index (χ2v) is 4.64. The minimum absolute atomic E-state index is 0.642. The van der Waals surface area contributed by atoms with Crippen molar-refractivity contribution in [1.29, 1.82) is 0 Å². The molecule has 4 aromatic rings. The molecule has 1 N–H and O–H groups in total. The SMILES string of the molecule is O=Cc1ccc2[nH]nc(-c3ccc4cncn4c3)c2c1. The van der Waals surface area contributed by atoms with Gasteiger partial charge in [-0.2, -0.15) is 5.10 Å². The smallest absolute Gasteiger partial charge is 0.150 e. The van der Waals surface area contributed by atoms with Gasteiger partial charge in [-0.25, -0.2) is 4.98 Å². The first-order valence-electron chi connectivity index (χ1n) is 6.20. The van der Waals surface area contributed by atoms with Crippen LogP contribution in [-0.4, -0.2) is 25.9 Å². The van der Waals surface area contributed by atoms with Crippen LogP contribution in [0.1, 0.15) is 10.4 Å². The van der Waals surface area contributed by atoms with Crippen LogP contribution < -0.4 is 0 Å². The molecule has 0 bridgehead atoms. The summed E-state index contributed by atoms with van der Waals surface area (Å²) >= 11 is 0. The number of aromatic nitrogens is 4. The molecule has 0 amide bonds. The largest absolute Gasteiger partial charge is 0.306 e. The van der Waals surface area contributed by atoms with Crippen molar-refractivity contribution in [1.82, 2.24) is 19.6 Å². The van der Waals surface area contributed by atoms with E-state index in [1.165, 1.54) is 0 Å². The first kappa shape index (κ1) is 10.9. The van der Waals surface area contributed by atoms with Crippen LogP contribution in [0.25, 0.3) is 27.7 Å². The Labute approximate surface area is 113 Å². The monoisotopic (exact) mass is 262 g/mol. The number of rotatable bonds is 2. The molecule has 0 unspecified atom stereocenters. The number of carbonyl (C=O) groups is 1. The van der Waals surface area contributed by atoms with E-state index in [9.17, 15) is 4.79 Å². The molecule has 0 radical (unpaired) electrons. The van der Waals surface area contributed by atoms with Gasteiger partial charge < -0.3 is 4.40 Å². The van der Waals surface area contributed by atoms with Crippen molar-refractivity contribution in [2.45, 2.75) is 0 Å². The third kappa shape index (κ3) is 1.53. The molecule has 0 atom stereocenters. The van der Waals surface area contributed by atoms with Crippen LogP contribution in [0.15, 0.2) is 49.1 Å². The topological polar surface area (TPSA) is 63.0 Å². The summed E-state index contributed by atoms with van der Waals surface area (Å²) in [5.74, 6) is 0. The first-order chi connectivity index (χ1) is 9.85. The summed E-state index contributed by atoms with van der Waals surface area (Å²) in [7, 11) is 0. The number of benzene rings is 1. The second-order valence-electron chi connectivity index (χ2n) is 4.64. The molecule has 5 nitrogen and oxygen atoms in total. The maximum atomic E-state index is 10.9. The van der Waals surface area contributed by atoms with Crippen LogP contribution in [0.3, 0.4) is 0 Å². The summed E-state index contributed by atoms with van der Waals surface area (Å²) in [6.07, 6.45) is 6.38. The van der Waals surface area contributed by atoms with Crippen molar-refractivity contribution in [2.24, 2.45) is 0 Å². The standard InChI is InChI=1S/C15H10N4O/c20-8-10-1-4-14-13(5-10)15(18-17-14)11-2-3-12-6-16-9-19(12)7-11/h1-9H,(H,17,18). The Morgan fingerprint density at radius 2 is 2.15 bits per heavy atom. The van der Waals surface area contributed by atoms with Crippen molar-refractivity contribution in [3.8, 4) is 11.3 Å². The Kier molecular flexibility index (Phi) is 2.20. The molecule has 3 aromatic heterocycles. The number of nitrogens with one attached hydrogen (secondary N) is 1. The van der Waals surface area contributed by atoms with Gasteiger partial charge >= 0.3 is 0 Å². The number of pyridine rings is 1. The lowest BCUT2D eigenvalue weighted by Gasteiger charge is -2.00. The third-order valence-electron chi connectivity index (χ3n) is 3.40. The van der Waals surface area contributed by atoms with Crippen molar-refractivity contribution in [3.05, 3.63) is 54.6 Å². The number of nitrogens with zero attached hydrogens (tertiary/aromatic N) is 3. The number of aromatic amines is 1. The number of fused-ring (bicyclic) bond motifs is 2. The summed E-state index contributed by atoms with van der Waals surface area (Å²) < 4.78 is 1.94. The van der Waals surface area contributed by atoms with Gasteiger partial charge in [0.1, 0.15) is 12.0 Å². The number of carbonyl (C=O) groups excluding carboxylic acids is 1. The van der Waals surface area contributed by atoms with Crippen molar-refractivity contribution < 1.29 is 4.79 Å². The van der Waals surface area contributed by atoms with Crippen LogP contribution in [0.2, 0.25) is 0 Å². The predicted molar refractivity (Wildman–Crippen MR) is 75.7 cm³/mol. The molecule has 0 aliphatic carbocycles. The maximum Gasteiger partial charge on any atom is 0.150 e. The molecule has 0 aliphatic heterocycles. The summed E-state index contributed by atoms with van der Waals surface area (Å²) in [5.41, 5.74) is 4.39. The van der Waals surface area contributed by atoms with Gasteiger partial charge in [0.05, 0.1) is 23.6 Å². The molecule has 20 heavy (non-hydrogen) atoms. The van der Waals surface area contributed by atoms with Gasteiger partial charge in [0.15, 0.2) is 0 Å². The Morgan fingerprint density at radius 1 is 1.20 bits per heavy atom. The van der Waals surface area contributed by atoms with Gasteiger partial charge in [0, 0.05) is 22.7 Å². The fraction of sp³-hybridized carbons (Fsp3) is 0. The molecule has 0 saturated carbocycles. The minimum atomic E-state index is 0.642. The van der Waals surface area contributed by atoms with Crippen LogP contribution in [0.5, 0.6) is 0 Å². The molecule has 5 heteroatoms.